The Labute approximate surface area is 120 Å². The molecule has 0 saturated carbocycles. The van der Waals surface area contributed by atoms with Crippen molar-refractivity contribution in [3.8, 4) is 0 Å². The van der Waals surface area contributed by atoms with Crippen LogP contribution in [0.3, 0.4) is 0 Å². The van der Waals surface area contributed by atoms with Gasteiger partial charge in [0.15, 0.2) is 0 Å². The van der Waals surface area contributed by atoms with Crippen molar-refractivity contribution in [2.24, 2.45) is 5.92 Å². The van der Waals surface area contributed by atoms with Crippen molar-refractivity contribution >= 4 is 34.5 Å². The van der Waals surface area contributed by atoms with E-state index < -0.39 is 12.0 Å². The average molecular weight is 361 g/mol. The normalized spacial score (nSPS) is 12.3. The van der Waals surface area contributed by atoms with Crippen molar-refractivity contribution in [1.29, 1.82) is 0 Å². The summed E-state index contributed by atoms with van der Waals surface area (Å²) in [6.45, 7) is 5.38. The summed E-state index contributed by atoms with van der Waals surface area (Å²) in [6.07, 6.45) is 0. The lowest BCUT2D eigenvalue weighted by Gasteiger charge is -2.18. The number of benzene rings is 1. The minimum Gasteiger partial charge on any atom is -0.480 e. The van der Waals surface area contributed by atoms with Crippen LogP contribution in [0.2, 0.25) is 0 Å². The van der Waals surface area contributed by atoms with Gasteiger partial charge in [-0.1, -0.05) is 19.9 Å². The predicted molar refractivity (Wildman–Crippen MR) is 77.6 cm³/mol. The molecule has 0 radical (unpaired) electrons. The van der Waals surface area contributed by atoms with E-state index in [-0.39, 0.29) is 11.8 Å². The van der Waals surface area contributed by atoms with E-state index in [0.717, 1.165) is 9.13 Å². The standard InChI is InChI=1S/C13H16INO3/c1-7(2)11(13(17)18)15-12(16)9-5-4-6-10(14)8(9)3/h4-7,11H,1-3H3,(H,15,16)(H,17,18)/t11-/m0/s1. The van der Waals surface area contributed by atoms with Gasteiger partial charge in [0.05, 0.1) is 0 Å². The van der Waals surface area contributed by atoms with Crippen LogP contribution in [0.1, 0.15) is 29.8 Å². The molecule has 1 atom stereocenters. The van der Waals surface area contributed by atoms with Crippen LogP contribution in [0.25, 0.3) is 0 Å². The van der Waals surface area contributed by atoms with Gasteiger partial charge in [-0.2, -0.15) is 0 Å². The van der Waals surface area contributed by atoms with Crippen LogP contribution in [-0.2, 0) is 4.79 Å². The van der Waals surface area contributed by atoms with E-state index in [9.17, 15) is 9.59 Å². The second-order valence-corrected chi connectivity index (χ2v) is 5.61. The first kappa shape index (κ1) is 14.9. The molecule has 0 spiro atoms. The second-order valence-electron chi connectivity index (χ2n) is 4.45. The minimum absolute atomic E-state index is 0.158. The molecule has 2 N–H and O–H groups in total. The molecule has 0 bridgehead atoms. The van der Waals surface area contributed by atoms with E-state index >= 15 is 0 Å². The highest BCUT2D eigenvalue weighted by atomic mass is 127. The molecule has 0 aliphatic rings. The Kier molecular flexibility index (Phi) is 5.13. The van der Waals surface area contributed by atoms with Gasteiger partial charge in [-0.25, -0.2) is 4.79 Å². The van der Waals surface area contributed by atoms with Gasteiger partial charge in [0.1, 0.15) is 6.04 Å². The maximum Gasteiger partial charge on any atom is 0.326 e. The third kappa shape index (κ3) is 3.44. The molecule has 1 amide bonds. The summed E-state index contributed by atoms with van der Waals surface area (Å²) in [5.74, 6) is -1.51. The fourth-order valence-corrected chi connectivity index (χ4v) is 2.08. The molecule has 4 nitrogen and oxygen atoms in total. The molecular weight excluding hydrogens is 345 g/mol. The van der Waals surface area contributed by atoms with E-state index in [2.05, 4.69) is 27.9 Å². The van der Waals surface area contributed by atoms with Crippen molar-refractivity contribution in [2.75, 3.05) is 0 Å². The molecule has 1 aromatic carbocycles. The third-order valence-electron chi connectivity index (χ3n) is 2.73. The van der Waals surface area contributed by atoms with E-state index in [0.29, 0.717) is 5.56 Å². The van der Waals surface area contributed by atoms with Gasteiger partial charge < -0.3 is 10.4 Å². The van der Waals surface area contributed by atoms with Gasteiger partial charge in [0.25, 0.3) is 5.91 Å². The number of hydrogen-bond donors (Lipinski definition) is 2. The number of nitrogens with one attached hydrogen (secondary N) is 1. The summed E-state index contributed by atoms with van der Waals surface area (Å²) in [7, 11) is 0. The largest absolute Gasteiger partial charge is 0.480 e. The van der Waals surface area contributed by atoms with Crippen LogP contribution in [0.4, 0.5) is 0 Å². The van der Waals surface area contributed by atoms with E-state index in [1.165, 1.54) is 0 Å². The minimum atomic E-state index is -1.01. The highest BCUT2D eigenvalue weighted by Crippen LogP contribution is 2.16. The number of hydrogen-bond acceptors (Lipinski definition) is 2. The lowest BCUT2D eigenvalue weighted by molar-refractivity contribution is -0.140. The first-order chi connectivity index (χ1) is 8.34. The molecule has 0 unspecified atom stereocenters. The molecule has 5 heteroatoms. The monoisotopic (exact) mass is 361 g/mol. The van der Waals surface area contributed by atoms with Crippen LogP contribution in [0.5, 0.6) is 0 Å². The van der Waals surface area contributed by atoms with Crippen molar-refractivity contribution in [3.63, 3.8) is 0 Å². The molecule has 1 aromatic rings. The van der Waals surface area contributed by atoms with Crippen LogP contribution in [-0.4, -0.2) is 23.0 Å². The third-order valence-corrected chi connectivity index (χ3v) is 3.90. The number of carbonyl (C=O) groups is 2. The van der Waals surface area contributed by atoms with E-state index in [4.69, 9.17) is 5.11 Å². The average Bonchev–Trinajstić information content (AvgIpc) is 2.28. The summed E-state index contributed by atoms with van der Waals surface area (Å²) in [6, 6.07) is 4.53. The van der Waals surface area contributed by atoms with Gasteiger partial charge in [0, 0.05) is 9.13 Å². The Morgan fingerprint density at radius 3 is 2.44 bits per heavy atom. The second kappa shape index (κ2) is 6.17. The summed E-state index contributed by atoms with van der Waals surface area (Å²) in [4.78, 5) is 23.1. The van der Waals surface area contributed by atoms with Crippen LogP contribution >= 0.6 is 22.6 Å². The molecule has 0 saturated heterocycles. The van der Waals surface area contributed by atoms with Gasteiger partial charge in [0.2, 0.25) is 0 Å². The molecule has 1 rings (SSSR count). The number of carboxylic acids is 1. The number of amides is 1. The molecule has 0 aliphatic heterocycles. The lowest BCUT2D eigenvalue weighted by Crippen LogP contribution is -2.44. The Bertz CT molecular complexity index is 471. The van der Waals surface area contributed by atoms with Crippen LogP contribution in [0.15, 0.2) is 18.2 Å². The smallest absolute Gasteiger partial charge is 0.326 e. The van der Waals surface area contributed by atoms with Gasteiger partial charge >= 0.3 is 5.97 Å². The quantitative estimate of drug-likeness (QED) is 0.810. The summed E-state index contributed by atoms with van der Waals surface area (Å²) in [5, 5.41) is 11.6. The number of aliphatic carboxylic acids is 1. The van der Waals surface area contributed by atoms with Crippen molar-refractivity contribution in [3.05, 3.63) is 32.9 Å². The van der Waals surface area contributed by atoms with Gasteiger partial charge in [-0.3, -0.25) is 4.79 Å². The maximum atomic E-state index is 12.1. The number of carbonyl (C=O) groups excluding carboxylic acids is 1. The SMILES string of the molecule is Cc1c(I)cccc1C(=O)N[C@H](C(=O)O)C(C)C. The zero-order chi connectivity index (χ0) is 13.9. The molecule has 0 fully saturated rings. The Balaban J connectivity index is 2.94. The predicted octanol–water partition coefficient (Wildman–Crippen LogP) is 2.44. The maximum absolute atomic E-state index is 12.1. The van der Waals surface area contributed by atoms with Crippen LogP contribution < -0.4 is 5.32 Å². The Hall–Kier alpha value is -1.11. The molecule has 0 heterocycles. The highest BCUT2D eigenvalue weighted by Gasteiger charge is 2.24. The summed E-state index contributed by atoms with van der Waals surface area (Å²) < 4.78 is 0.983. The first-order valence-corrected chi connectivity index (χ1v) is 6.71. The van der Waals surface area contributed by atoms with Crippen molar-refractivity contribution < 1.29 is 14.7 Å². The summed E-state index contributed by atoms with van der Waals surface area (Å²) >= 11 is 2.15. The Morgan fingerprint density at radius 1 is 1.33 bits per heavy atom. The number of rotatable bonds is 4. The molecule has 18 heavy (non-hydrogen) atoms. The van der Waals surface area contributed by atoms with E-state index in [1.807, 2.05) is 13.0 Å². The number of halogens is 1. The van der Waals surface area contributed by atoms with Gasteiger partial charge in [-0.15, -0.1) is 0 Å². The fourth-order valence-electron chi connectivity index (χ4n) is 1.59. The zero-order valence-corrected chi connectivity index (χ0v) is 12.7. The zero-order valence-electron chi connectivity index (χ0n) is 10.5. The van der Waals surface area contributed by atoms with Crippen molar-refractivity contribution in [1.82, 2.24) is 5.32 Å². The molecule has 0 aliphatic carbocycles. The lowest BCUT2D eigenvalue weighted by atomic mass is 10.0. The fraction of sp³-hybridized carbons (Fsp3) is 0.385. The number of carboxylic acid groups (broad SMARTS) is 1. The Morgan fingerprint density at radius 2 is 1.94 bits per heavy atom. The molecule has 0 aromatic heterocycles. The van der Waals surface area contributed by atoms with Gasteiger partial charge in [-0.05, 0) is 53.1 Å². The first-order valence-electron chi connectivity index (χ1n) is 5.63. The molecule has 98 valence electrons. The molecular formula is C13H16INO3. The summed E-state index contributed by atoms with van der Waals surface area (Å²) in [5.41, 5.74) is 1.39. The van der Waals surface area contributed by atoms with Crippen LogP contribution in [0, 0.1) is 16.4 Å². The topological polar surface area (TPSA) is 66.4 Å². The van der Waals surface area contributed by atoms with Crippen molar-refractivity contribution in [2.45, 2.75) is 26.8 Å². The highest BCUT2D eigenvalue weighted by molar-refractivity contribution is 14.1. The van der Waals surface area contributed by atoms with E-state index in [1.54, 1.807) is 26.0 Å².